The molecule has 84 valence electrons. The molecule has 6 heteroatoms. The van der Waals surface area contributed by atoms with Crippen LogP contribution in [0.5, 0.6) is 0 Å². The number of anilines is 1. The number of pyridine rings is 1. The molecule has 2 aromatic rings. The first-order chi connectivity index (χ1) is 8.20. The SMILES string of the molecule is N#Cc1cc(-c2cccnc2)sc1NC(=O)O. The summed E-state index contributed by atoms with van der Waals surface area (Å²) in [6, 6.07) is 7.24. The maximum Gasteiger partial charge on any atom is 0.409 e. The lowest BCUT2D eigenvalue weighted by atomic mass is 10.2. The van der Waals surface area contributed by atoms with E-state index in [2.05, 4.69) is 10.3 Å². The van der Waals surface area contributed by atoms with Crippen LogP contribution in [0.15, 0.2) is 30.6 Å². The molecule has 17 heavy (non-hydrogen) atoms. The minimum Gasteiger partial charge on any atom is -0.465 e. The molecule has 0 aliphatic rings. The highest BCUT2D eigenvalue weighted by Gasteiger charge is 2.12. The number of nitrogens with zero attached hydrogens (tertiary/aromatic N) is 2. The van der Waals surface area contributed by atoms with Gasteiger partial charge in [0.1, 0.15) is 11.1 Å². The molecule has 0 saturated heterocycles. The van der Waals surface area contributed by atoms with Crippen molar-refractivity contribution >= 4 is 22.4 Å². The molecule has 0 atom stereocenters. The summed E-state index contributed by atoms with van der Waals surface area (Å²) in [7, 11) is 0. The lowest BCUT2D eigenvalue weighted by molar-refractivity contribution is 0.210. The van der Waals surface area contributed by atoms with Crippen molar-refractivity contribution in [2.75, 3.05) is 5.32 Å². The molecule has 0 unspecified atom stereocenters. The van der Waals surface area contributed by atoms with Crippen molar-refractivity contribution in [1.29, 1.82) is 5.26 Å². The molecule has 0 aliphatic heterocycles. The molecule has 0 radical (unpaired) electrons. The van der Waals surface area contributed by atoms with Crippen molar-refractivity contribution in [2.24, 2.45) is 0 Å². The maximum absolute atomic E-state index is 10.6. The van der Waals surface area contributed by atoms with Crippen molar-refractivity contribution in [2.45, 2.75) is 0 Å². The van der Waals surface area contributed by atoms with Crippen molar-refractivity contribution in [3.8, 4) is 16.5 Å². The molecule has 2 aromatic heterocycles. The normalized spacial score (nSPS) is 9.59. The number of amides is 1. The second-order valence-electron chi connectivity index (χ2n) is 3.14. The number of hydrogen-bond acceptors (Lipinski definition) is 4. The number of rotatable bonds is 2. The monoisotopic (exact) mass is 245 g/mol. The van der Waals surface area contributed by atoms with E-state index in [1.54, 1.807) is 24.5 Å². The van der Waals surface area contributed by atoms with Crippen LogP contribution in [0.4, 0.5) is 9.80 Å². The van der Waals surface area contributed by atoms with Crippen LogP contribution >= 0.6 is 11.3 Å². The van der Waals surface area contributed by atoms with Gasteiger partial charge in [-0.3, -0.25) is 10.3 Å². The Hall–Kier alpha value is -2.39. The Balaban J connectivity index is 2.42. The van der Waals surface area contributed by atoms with Crippen molar-refractivity contribution < 1.29 is 9.90 Å². The summed E-state index contributed by atoms with van der Waals surface area (Å²) in [6.07, 6.45) is 2.14. The first-order valence-electron chi connectivity index (χ1n) is 4.65. The van der Waals surface area contributed by atoms with Crippen molar-refractivity contribution in [3.05, 3.63) is 36.2 Å². The van der Waals surface area contributed by atoms with E-state index in [9.17, 15) is 4.79 Å². The van der Waals surface area contributed by atoms with Gasteiger partial charge in [0.25, 0.3) is 0 Å². The molecule has 0 spiro atoms. The van der Waals surface area contributed by atoms with Crippen LogP contribution in [0, 0.1) is 11.3 Å². The summed E-state index contributed by atoms with van der Waals surface area (Å²) in [5.74, 6) is 0. The number of aromatic nitrogens is 1. The first-order valence-corrected chi connectivity index (χ1v) is 5.46. The van der Waals surface area contributed by atoms with Gasteiger partial charge in [0.15, 0.2) is 0 Å². The Kier molecular flexibility index (Phi) is 3.03. The zero-order chi connectivity index (χ0) is 12.3. The summed E-state index contributed by atoms with van der Waals surface area (Å²) in [6.45, 7) is 0. The second-order valence-corrected chi connectivity index (χ2v) is 4.19. The molecule has 2 rings (SSSR count). The van der Waals surface area contributed by atoms with Gasteiger partial charge in [0.05, 0.1) is 5.56 Å². The van der Waals surface area contributed by atoms with Gasteiger partial charge < -0.3 is 5.11 Å². The molecule has 2 N–H and O–H groups in total. The predicted molar refractivity (Wildman–Crippen MR) is 63.9 cm³/mol. The molecule has 0 bridgehead atoms. The predicted octanol–water partition coefficient (Wildman–Crippen LogP) is 2.77. The Morgan fingerprint density at radius 3 is 3.00 bits per heavy atom. The van der Waals surface area contributed by atoms with E-state index >= 15 is 0 Å². The van der Waals surface area contributed by atoms with Crippen LogP contribution < -0.4 is 5.32 Å². The van der Waals surface area contributed by atoms with Gasteiger partial charge >= 0.3 is 6.09 Å². The minimum atomic E-state index is -1.18. The van der Waals surface area contributed by atoms with E-state index in [1.165, 1.54) is 11.3 Å². The van der Waals surface area contributed by atoms with Gasteiger partial charge in [0, 0.05) is 22.8 Å². The number of nitrogens with one attached hydrogen (secondary N) is 1. The van der Waals surface area contributed by atoms with Crippen LogP contribution in [-0.4, -0.2) is 16.2 Å². The average molecular weight is 245 g/mol. The molecule has 0 aliphatic carbocycles. The lowest BCUT2D eigenvalue weighted by Crippen LogP contribution is -2.06. The van der Waals surface area contributed by atoms with E-state index in [4.69, 9.17) is 10.4 Å². The standard InChI is InChI=1S/C11H7N3O2S/c12-5-8-4-9(7-2-1-3-13-6-7)17-10(8)14-11(15)16/h1-4,6,14H,(H,15,16). The Morgan fingerprint density at radius 1 is 1.59 bits per heavy atom. The highest BCUT2D eigenvalue weighted by Crippen LogP contribution is 2.34. The number of nitriles is 1. The van der Waals surface area contributed by atoms with Gasteiger partial charge in [0.2, 0.25) is 0 Å². The van der Waals surface area contributed by atoms with Crippen LogP contribution in [0.3, 0.4) is 0 Å². The van der Waals surface area contributed by atoms with Gasteiger partial charge in [-0.15, -0.1) is 11.3 Å². The zero-order valence-corrected chi connectivity index (χ0v) is 9.36. The molecule has 0 fully saturated rings. The molecule has 2 heterocycles. The Labute approximate surface area is 101 Å². The van der Waals surface area contributed by atoms with E-state index in [0.29, 0.717) is 10.6 Å². The summed E-state index contributed by atoms with van der Waals surface area (Å²) in [5.41, 5.74) is 1.17. The van der Waals surface area contributed by atoms with Crippen LogP contribution in [0.25, 0.3) is 10.4 Å². The van der Waals surface area contributed by atoms with Crippen molar-refractivity contribution in [1.82, 2.24) is 4.98 Å². The van der Waals surface area contributed by atoms with Gasteiger partial charge in [-0.25, -0.2) is 4.79 Å². The van der Waals surface area contributed by atoms with Crippen LogP contribution in [0.2, 0.25) is 0 Å². The second kappa shape index (κ2) is 4.63. The molecule has 0 saturated carbocycles. The van der Waals surface area contributed by atoms with Gasteiger partial charge in [-0.2, -0.15) is 5.26 Å². The summed E-state index contributed by atoms with van der Waals surface area (Å²) >= 11 is 1.21. The average Bonchev–Trinajstić information content (AvgIpc) is 2.72. The fourth-order valence-electron chi connectivity index (χ4n) is 1.31. The maximum atomic E-state index is 10.6. The van der Waals surface area contributed by atoms with E-state index in [-0.39, 0.29) is 0 Å². The van der Waals surface area contributed by atoms with Gasteiger partial charge in [-0.05, 0) is 12.1 Å². The lowest BCUT2D eigenvalue weighted by Gasteiger charge is -1.95. The number of hydrogen-bond donors (Lipinski definition) is 2. The Bertz CT molecular complexity index is 587. The molecular weight excluding hydrogens is 238 g/mol. The zero-order valence-electron chi connectivity index (χ0n) is 8.54. The minimum absolute atomic E-state index is 0.316. The number of carbonyl (C=O) groups is 1. The fourth-order valence-corrected chi connectivity index (χ4v) is 2.30. The highest BCUT2D eigenvalue weighted by molar-refractivity contribution is 7.19. The van der Waals surface area contributed by atoms with E-state index in [0.717, 1.165) is 10.4 Å². The first kappa shape index (κ1) is 11.1. The molecule has 1 amide bonds. The fraction of sp³-hybridized carbons (Fsp3) is 0. The van der Waals surface area contributed by atoms with E-state index in [1.807, 2.05) is 12.1 Å². The highest BCUT2D eigenvalue weighted by atomic mass is 32.1. The molecular formula is C11H7N3O2S. The molecule has 0 aromatic carbocycles. The third-order valence-corrected chi connectivity index (χ3v) is 3.12. The largest absolute Gasteiger partial charge is 0.465 e. The van der Waals surface area contributed by atoms with E-state index < -0.39 is 6.09 Å². The summed E-state index contributed by atoms with van der Waals surface area (Å²) in [5, 5.41) is 20.1. The van der Waals surface area contributed by atoms with Crippen LogP contribution in [-0.2, 0) is 0 Å². The third-order valence-electron chi connectivity index (χ3n) is 2.02. The molecule has 5 nitrogen and oxygen atoms in total. The van der Waals surface area contributed by atoms with Crippen LogP contribution in [0.1, 0.15) is 5.56 Å². The summed E-state index contributed by atoms with van der Waals surface area (Å²) < 4.78 is 0. The number of thiophene rings is 1. The quantitative estimate of drug-likeness (QED) is 0.851. The number of carboxylic acid groups (broad SMARTS) is 1. The van der Waals surface area contributed by atoms with Gasteiger partial charge in [-0.1, -0.05) is 6.07 Å². The topological polar surface area (TPSA) is 86.0 Å². The third kappa shape index (κ3) is 2.41. The Morgan fingerprint density at radius 2 is 2.41 bits per heavy atom. The smallest absolute Gasteiger partial charge is 0.409 e. The van der Waals surface area contributed by atoms with Crippen molar-refractivity contribution in [3.63, 3.8) is 0 Å². The summed E-state index contributed by atoms with van der Waals surface area (Å²) in [4.78, 5) is 15.3.